The van der Waals surface area contributed by atoms with Crippen molar-refractivity contribution in [3.63, 3.8) is 0 Å². The van der Waals surface area contributed by atoms with Gasteiger partial charge in [-0.25, -0.2) is 8.42 Å². The predicted octanol–water partition coefficient (Wildman–Crippen LogP) is 0.816. The maximum absolute atomic E-state index is 11.7. The molecule has 3 heterocycles. The number of guanidine groups is 1. The van der Waals surface area contributed by atoms with Crippen LogP contribution in [0.1, 0.15) is 24.8 Å². The molecule has 3 aliphatic rings. The summed E-state index contributed by atoms with van der Waals surface area (Å²) >= 11 is 0. The second-order valence-electron chi connectivity index (χ2n) is 7.63. The molecule has 2 N–H and O–H groups in total. The smallest absolute Gasteiger partial charge is 0.231 e. The van der Waals surface area contributed by atoms with Crippen molar-refractivity contribution in [1.82, 2.24) is 10.6 Å². The van der Waals surface area contributed by atoms with E-state index in [0.29, 0.717) is 32.1 Å². The van der Waals surface area contributed by atoms with Crippen molar-refractivity contribution in [2.75, 3.05) is 45.1 Å². The molecular weight excluding hydrogens is 382 g/mol. The zero-order valence-corrected chi connectivity index (χ0v) is 16.9. The lowest BCUT2D eigenvalue weighted by atomic mass is 9.74. The quantitative estimate of drug-likeness (QED) is 0.561. The molecule has 1 atom stereocenters. The molecule has 28 heavy (non-hydrogen) atoms. The number of fused-ring (bicyclic) bond motifs is 1. The van der Waals surface area contributed by atoms with Crippen LogP contribution < -0.4 is 20.1 Å². The van der Waals surface area contributed by atoms with E-state index >= 15 is 0 Å². The molecule has 8 nitrogen and oxygen atoms in total. The summed E-state index contributed by atoms with van der Waals surface area (Å²) in [5, 5.41) is 6.67. The molecule has 0 saturated carbocycles. The molecule has 2 fully saturated rings. The first-order valence-corrected chi connectivity index (χ1v) is 11.5. The number of aliphatic imine (C=N–C) groups is 1. The van der Waals surface area contributed by atoms with Crippen LogP contribution in [-0.2, 0) is 20.0 Å². The minimum Gasteiger partial charge on any atom is -0.454 e. The van der Waals surface area contributed by atoms with Crippen molar-refractivity contribution in [2.24, 2.45) is 4.99 Å². The molecule has 1 aromatic carbocycles. The number of rotatable bonds is 4. The highest BCUT2D eigenvalue weighted by Crippen LogP contribution is 2.40. The van der Waals surface area contributed by atoms with Crippen molar-refractivity contribution < 1.29 is 22.6 Å². The molecule has 0 spiro atoms. The molecular formula is C19H27N3O5S. The molecule has 1 aromatic rings. The lowest BCUT2D eigenvalue weighted by Gasteiger charge is -2.38. The monoisotopic (exact) mass is 409 g/mol. The zero-order chi connectivity index (χ0) is 19.6. The number of nitrogens with one attached hydrogen (secondary N) is 2. The number of sulfone groups is 1. The van der Waals surface area contributed by atoms with Gasteiger partial charge in [0.1, 0.15) is 0 Å². The summed E-state index contributed by atoms with van der Waals surface area (Å²) in [4.78, 5) is 4.29. The third-order valence-corrected chi connectivity index (χ3v) is 7.59. The van der Waals surface area contributed by atoms with Gasteiger partial charge in [0, 0.05) is 38.3 Å². The van der Waals surface area contributed by atoms with Crippen molar-refractivity contribution in [3.8, 4) is 11.5 Å². The standard InChI is InChI=1S/C19H27N3O5S/c1-20-18(22-15-4-9-28(23,24)11-15)21-12-19(5-7-25-8-6-19)14-2-3-16-17(10-14)27-13-26-16/h2-3,10,15H,4-9,11-13H2,1H3,(H2,20,21,22). The van der Waals surface area contributed by atoms with E-state index in [-0.39, 0.29) is 29.8 Å². The summed E-state index contributed by atoms with van der Waals surface area (Å²) < 4.78 is 40.0. The van der Waals surface area contributed by atoms with Crippen molar-refractivity contribution in [2.45, 2.75) is 30.7 Å². The molecule has 9 heteroatoms. The molecule has 3 aliphatic heterocycles. The Kier molecular flexibility index (Phi) is 5.37. The van der Waals surface area contributed by atoms with Gasteiger partial charge in [-0.3, -0.25) is 4.99 Å². The van der Waals surface area contributed by atoms with Gasteiger partial charge in [-0.1, -0.05) is 6.07 Å². The van der Waals surface area contributed by atoms with E-state index in [4.69, 9.17) is 14.2 Å². The minimum atomic E-state index is -2.93. The highest BCUT2D eigenvalue weighted by molar-refractivity contribution is 7.91. The van der Waals surface area contributed by atoms with Crippen molar-refractivity contribution in [1.29, 1.82) is 0 Å². The Labute approximate surface area is 165 Å². The maximum Gasteiger partial charge on any atom is 0.231 e. The fourth-order valence-corrected chi connectivity index (χ4v) is 5.78. The molecule has 154 valence electrons. The van der Waals surface area contributed by atoms with Crippen LogP contribution in [-0.4, -0.2) is 65.5 Å². The fraction of sp³-hybridized carbons (Fsp3) is 0.632. The number of nitrogens with zero attached hydrogens (tertiary/aromatic N) is 1. The Bertz CT molecular complexity index is 849. The topological polar surface area (TPSA) is 98.2 Å². The molecule has 0 amide bonds. The molecule has 0 radical (unpaired) electrons. The van der Waals surface area contributed by atoms with Crippen LogP contribution in [0.5, 0.6) is 11.5 Å². The van der Waals surface area contributed by atoms with Crippen LogP contribution in [0.4, 0.5) is 0 Å². The Morgan fingerprint density at radius 2 is 2.04 bits per heavy atom. The number of ether oxygens (including phenoxy) is 3. The van der Waals surface area contributed by atoms with E-state index < -0.39 is 9.84 Å². The summed E-state index contributed by atoms with van der Waals surface area (Å²) in [6.45, 7) is 2.33. The first-order chi connectivity index (χ1) is 13.5. The number of benzene rings is 1. The van der Waals surface area contributed by atoms with Gasteiger partial charge in [0.05, 0.1) is 11.5 Å². The normalized spacial score (nSPS) is 25.5. The van der Waals surface area contributed by atoms with Crippen LogP contribution in [0.3, 0.4) is 0 Å². The largest absolute Gasteiger partial charge is 0.454 e. The summed E-state index contributed by atoms with van der Waals surface area (Å²) in [5.74, 6) is 2.59. The third-order valence-electron chi connectivity index (χ3n) is 5.83. The number of hydrogen-bond acceptors (Lipinski definition) is 6. The molecule has 0 bridgehead atoms. The van der Waals surface area contributed by atoms with E-state index in [0.717, 1.165) is 24.3 Å². The second kappa shape index (κ2) is 7.79. The van der Waals surface area contributed by atoms with Gasteiger partial charge in [-0.15, -0.1) is 0 Å². The van der Waals surface area contributed by atoms with Crippen LogP contribution in [0.2, 0.25) is 0 Å². The van der Waals surface area contributed by atoms with Crippen LogP contribution in [0.25, 0.3) is 0 Å². The van der Waals surface area contributed by atoms with Crippen molar-refractivity contribution >= 4 is 15.8 Å². The SMILES string of the molecule is CN=C(NCC1(c2ccc3c(c2)OCO3)CCOCC1)NC1CCS(=O)(=O)C1. The predicted molar refractivity (Wildman–Crippen MR) is 106 cm³/mol. The first-order valence-electron chi connectivity index (χ1n) is 9.65. The summed E-state index contributed by atoms with van der Waals surface area (Å²) in [5.41, 5.74) is 1.07. The third kappa shape index (κ3) is 4.05. The second-order valence-corrected chi connectivity index (χ2v) is 9.86. The Hall–Kier alpha value is -2.00. The van der Waals surface area contributed by atoms with Gasteiger partial charge in [0.25, 0.3) is 0 Å². The van der Waals surface area contributed by atoms with Gasteiger partial charge in [-0.05, 0) is 37.0 Å². The molecule has 0 aliphatic carbocycles. The first kappa shape index (κ1) is 19.3. The van der Waals surface area contributed by atoms with E-state index in [1.165, 1.54) is 5.56 Å². The average molecular weight is 410 g/mol. The molecule has 2 saturated heterocycles. The minimum absolute atomic E-state index is 0.0904. The summed E-state index contributed by atoms with van der Waals surface area (Å²) in [6, 6.07) is 6.04. The van der Waals surface area contributed by atoms with E-state index in [1.807, 2.05) is 6.07 Å². The molecule has 0 aromatic heterocycles. The Morgan fingerprint density at radius 3 is 2.75 bits per heavy atom. The lowest BCUT2D eigenvalue weighted by Crippen LogP contribution is -2.50. The van der Waals surface area contributed by atoms with Gasteiger partial charge < -0.3 is 24.8 Å². The molecule has 4 rings (SSSR count). The summed E-state index contributed by atoms with van der Waals surface area (Å²) in [6.07, 6.45) is 2.38. The van der Waals surface area contributed by atoms with Crippen LogP contribution in [0, 0.1) is 0 Å². The van der Waals surface area contributed by atoms with Crippen LogP contribution >= 0.6 is 0 Å². The van der Waals surface area contributed by atoms with Crippen LogP contribution in [0.15, 0.2) is 23.2 Å². The van der Waals surface area contributed by atoms with Gasteiger partial charge in [0.2, 0.25) is 6.79 Å². The maximum atomic E-state index is 11.7. The average Bonchev–Trinajstić information content (AvgIpc) is 3.30. The molecule has 1 unspecified atom stereocenters. The highest BCUT2D eigenvalue weighted by Gasteiger charge is 2.36. The van der Waals surface area contributed by atoms with Crippen molar-refractivity contribution in [3.05, 3.63) is 23.8 Å². The Balaban J connectivity index is 1.47. The Morgan fingerprint density at radius 1 is 1.25 bits per heavy atom. The van der Waals surface area contributed by atoms with E-state index in [2.05, 4.69) is 27.8 Å². The zero-order valence-electron chi connectivity index (χ0n) is 16.1. The lowest BCUT2D eigenvalue weighted by molar-refractivity contribution is 0.0513. The highest BCUT2D eigenvalue weighted by atomic mass is 32.2. The van der Waals surface area contributed by atoms with Gasteiger partial charge >= 0.3 is 0 Å². The summed E-state index contributed by atoms with van der Waals surface area (Å²) in [7, 11) is -1.23. The van der Waals surface area contributed by atoms with E-state index in [1.54, 1.807) is 7.05 Å². The fourth-order valence-electron chi connectivity index (χ4n) is 4.11. The number of hydrogen-bond donors (Lipinski definition) is 2. The van der Waals surface area contributed by atoms with Gasteiger partial charge in [-0.2, -0.15) is 0 Å². The van der Waals surface area contributed by atoms with Gasteiger partial charge in [0.15, 0.2) is 27.3 Å². The van der Waals surface area contributed by atoms with E-state index in [9.17, 15) is 8.42 Å².